The van der Waals surface area contributed by atoms with Crippen molar-refractivity contribution < 1.29 is 17.9 Å². The molecule has 0 aliphatic heterocycles. The zero-order chi connectivity index (χ0) is 15.5. The van der Waals surface area contributed by atoms with E-state index < -0.39 is 16.0 Å². The van der Waals surface area contributed by atoms with Crippen molar-refractivity contribution in [2.45, 2.75) is 49.5 Å². The highest BCUT2D eigenvalue weighted by Crippen LogP contribution is 2.25. The summed E-state index contributed by atoms with van der Waals surface area (Å²) in [5.74, 6) is -0.515. The molecule has 1 aromatic carbocycles. The molecular formula is C14H18BrNO4S. The number of sulfonamides is 1. The SMILES string of the molecule is NS(=O)(=O)c1ccc(Br)c(C(=O)OC2CCCCCC2)c1. The van der Waals surface area contributed by atoms with E-state index in [1.54, 1.807) is 0 Å². The van der Waals surface area contributed by atoms with Gasteiger partial charge >= 0.3 is 5.97 Å². The molecule has 1 saturated carbocycles. The maximum Gasteiger partial charge on any atom is 0.339 e. The second-order valence-electron chi connectivity index (χ2n) is 5.21. The molecule has 116 valence electrons. The predicted octanol–water partition coefficient (Wildman–Crippen LogP) is 2.98. The predicted molar refractivity (Wildman–Crippen MR) is 82.4 cm³/mol. The number of esters is 1. The minimum atomic E-state index is -3.84. The standard InChI is InChI=1S/C14H18BrNO4S/c15-13-8-7-11(21(16,18)19)9-12(13)14(17)20-10-5-3-1-2-4-6-10/h7-10H,1-6H2,(H2,16,18,19). The molecule has 1 fully saturated rings. The van der Waals surface area contributed by atoms with Gasteiger partial charge in [0.15, 0.2) is 0 Å². The summed E-state index contributed by atoms with van der Waals surface area (Å²) in [5, 5.41) is 5.09. The summed E-state index contributed by atoms with van der Waals surface area (Å²) in [6.07, 6.45) is 6.06. The number of carbonyl (C=O) groups excluding carboxylic acids is 1. The van der Waals surface area contributed by atoms with Crippen LogP contribution in [0.5, 0.6) is 0 Å². The van der Waals surface area contributed by atoms with Gasteiger partial charge in [0.05, 0.1) is 10.5 Å². The molecule has 1 aliphatic carbocycles. The molecule has 0 saturated heterocycles. The fraction of sp³-hybridized carbons (Fsp3) is 0.500. The summed E-state index contributed by atoms with van der Waals surface area (Å²) in [6, 6.07) is 4.09. The zero-order valence-corrected chi connectivity index (χ0v) is 14.0. The summed E-state index contributed by atoms with van der Waals surface area (Å²) >= 11 is 3.24. The highest BCUT2D eigenvalue weighted by Gasteiger charge is 2.21. The van der Waals surface area contributed by atoms with Gasteiger partial charge in [-0.15, -0.1) is 0 Å². The molecule has 0 amide bonds. The fourth-order valence-electron chi connectivity index (χ4n) is 2.41. The van der Waals surface area contributed by atoms with Gasteiger partial charge in [-0.2, -0.15) is 0 Å². The maximum absolute atomic E-state index is 12.2. The molecule has 2 rings (SSSR count). The minimum Gasteiger partial charge on any atom is -0.459 e. The smallest absolute Gasteiger partial charge is 0.339 e. The van der Waals surface area contributed by atoms with Crippen molar-refractivity contribution in [2.75, 3.05) is 0 Å². The number of benzene rings is 1. The Morgan fingerprint density at radius 3 is 2.38 bits per heavy atom. The van der Waals surface area contributed by atoms with Crippen molar-refractivity contribution in [2.24, 2.45) is 5.14 Å². The first-order valence-corrected chi connectivity index (χ1v) is 9.25. The van der Waals surface area contributed by atoms with E-state index in [0.717, 1.165) is 25.7 Å². The Bertz CT molecular complexity index is 622. The van der Waals surface area contributed by atoms with Crippen LogP contribution in [0.3, 0.4) is 0 Å². The Hall–Kier alpha value is -0.920. The van der Waals surface area contributed by atoms with Gasteiger partial charge in [0, 0.05) is 4.47 Å². The van der Waals surface area contributed by atoms with Crippen LogP contribution < -0.4 is 5.14 Å². The second-order valence-corrected chi connectivity index (χ2v) is 7.62. The Balaban J connectivity index is 2.18. The lowest BCUT2D eigenvalue weighted by molar-refractivity contribution is 0.0266. The van der Waals surface area contributed by atoms with Crippen molar-refractivity contribution >= 4 is 31.9 Å². The van der Waals surface area contributed by atoms with E-state index in [1.165, 1.54) is 31.0 Å². The first kappa shape index (κ1) is 16.5. The lowest BCUT2D eigenvalue weighted by Crippen LogP contribution is -2.19. The average Bonchev–Trinajstić information content (AvgIpc) is 2.66. The van der Waals surface area contributed by atoms with E-state index in [0.29, 0.717) is 4.47 Å². The van der Waals surface area contributed by atoms with Crippen molar-refractivity contribution in [1.29, 1.82) is 0 Å². The van der Waals surface area contributed by atoms with Crippen molar-refractivity contribution in [3.63, 3.8) is 0 Å². The van der Waals surface area contributed by atoms with Crippen LogP contribution in [0.4, 0.5) is 0 Å². The van der Waals surface area contributed by atoms with Gasteiger partial charge in [0.25, 0.3) is 0 Å². The molecule has 5 nitrogen and oxygen atoms in total. The van der Waals surface area contributed by atoms with Gasteiger partial charge in [-0.25, -0.2) is 18.4 Å². The van der Waals surface area contributed by atoms with Gasteiger partial charge in [-0.3, -0.25) is 0 Å². The molecule has 0 atom stereocenters. The number of hydrogen-bond acceptors (Lipinski definition) is 4. The third-order valence-corrected chi connectivity index (χ3v) is 5.16. The van der Waals surface area contributed by atoms with Crippen LogP contribution in [0.25, 0.3) is 0 Å². The Labute approximate surface area is 133 Å². The molecule has 7 heteroatoms. The van der Waals surface area contributed by atoms with Crippen molar-refractivity contribution in [3.05, 3.63) is 28.2 Å². The van der Waals surface area contributed by atoms with Crippen LogP contribution in [0.15, 0.2) is 27.6 Å². The molecule has 0 heterocycles. The van der Waals surface area contributed by atoms with Gasteiger partial charge in [0.2, 0.25) is 10.0 Å². The zero-order valence-electron chi connectivity index (χ0n) is 11.5. The normalized spacial score (nSPS) is 17.2. The van der Waals surface area contributed by atoms with E-state index in [4.69, 9.17) is 9.88 Å². The quantitative estimate of drug-likeness (QED) is 0.649. The van der Waals surface area contributed by atoms with Gasteiger partial charge in [-0.1, -0.05) is 12.8 Å². The third-order valence-electron chi connectivity index (χ3n) is 3.56. The molecule has 21 heavy (non-hydrogen) atoms. The minimum absolute atomic E-state index is 0.0926. The molecule has 1 aliphatic rings. The van der Waals surface area contributed by atoms with E-state index in [9.17, 15) is 13.2 Å². The number of rotatable bonds is 3. The molecular weight excluding hydrogens is 358 g/mol. The molecule has 0 aromatic heterocycles. The summed E-state index contributed by atoms with van der Waals surface area (Å²) in [6.45, 7) is 0. The van der Waals surface area contributed by atoms with Crippen molar-refractivity contribution in [1.82, 2.24) is 0 Å². The monoisotopic (exact) mass is 375 g/mol. The fourth-order valence-corrected chi connectivity index (χ4v) is 3.36. The average molecular weight is 376 g/mol. The Kier molecular flexibility index (Phi) is 5.40. The number of carbonyl (C=O) groups is 1. The number of primary sulfonamides is 1. The topological polar surface area (TPSA) is 86.5 Å². The van der Waals surface area contributed by atoms with E-state index in [2.05, 4.69) is 15.9 Å². The third kappa shape index (κ3) is 4.52. The first-order valence-electron chi connectivity index (χ1n) is 6.91. The molecule has 0 spiro atoms. The lowest BCUT2D eigenvalue weighted by atomic mass is 10.1. The van der Waals surface area contributed by atoms with Gasteiger partial charge in [0.1, 0.15) is 6.10 Å². The molecule has 0 radical (unpaired) electrons. The largest absolute Gasteiger partial charge is 0.459 e. The van der Waals surface area contributed by atoms with Crippen LogP contribution in [0.1, 0.15) is 48.9 Å². The van der Waals surface area contributed by atoms with E-state index in [1.807, 2.05) is 0 Å². The Morgan fingerprint density at radius 2 is 1.81 bits per heavy atom. The van der Waals surface area contributed by atoms with Crippen LogP contribution in [0.2, 0.25) is 0 Å². The number of nitrogens with two attached hydrogens (primary N) is 1. The Morgan fingerprint density at radius 1 is 1.19 bits per heavy atom. The lowest BCUT2D eigenvalue weighted by Gasteiger charge is -2.16. The first-order chi connectivity index (χ1) is 9.88. The van der Waals surface area contributed by atoms with Crippen LogP contribution in [-0.2, 0) is 14.8 Å². The second kappa shape index (κ2) is 6.89. The van der Waals surface area contributed by atoms with Crippen LogP contribution >= 0.6 is 15.9 Å². The number of ether oxygens (including phenoxy) is 1. The highest BCUT2D eigenvalue weighted by molar-refractivity contribution is 9.10. The van der Waals surface area contributed by atoms with E-state index >= 15 is 0 Å². The van der Waals surface area contributed by atoms with Crippen LogP contribution in [0, 0.1) is 0 Å². The molecule has 1 aromatic rings. The van der Waals surface area contributed by atoms with Crippen molar-refractivity contribution in [3.8, 4) is 0 Å². The summed E-state index contributed by atoms with van der Waals surface area (Å²) in [7, 11) is -3.84. The van der Waals surface area contributed by atoms with Gasteiger partial charge < -0.3 is 4.74 Å². The summed E-state index contributed by atoms with van der Waals surface area (Å²) in [5.41, 5.74) is 0.186. The summed E-state index contributed by atoms with van der Waals surface area (Å²) in [4.78, 5) is 12.1. The van der Waals surface area contributed by atoms with E-state index in [-0.39, 0.29) is 16.6 Å². The molecule has 0 bridgehead atoms. The molecule has 2 N–H and O–H groups in total. The summed E-state index contributed by atoms with van der Waals surface area (Å²) < 4.78 is 28.7. The molecule has 0 unspecified atom stereocenters. The number of halogens is 1. The number of hydrogen-bond donors (Lipinski definition) is 1. The maximum atomic E-state index is 12.2. The van der Waals surface area contributed by atoms with Gasteiger partial charge in [-0.05, 0) is 59.8 Å². The van der Waals surface area contributed by atoms with Crippen LogP contribution in [-0.4, -0.2) is 20.5 Å². The highest BCUT2D eigenvalue weighted by atomic mass is 79.9.